The van der Waals surface area contributed by atoms with Crippen LogP contribution < -0.4 is 0 Å². The second-order valence-electron chi connectivity index (χ2n) is 3.35. The molecule has 11 heavy (non-hydrogen) atoms. The normalized spacial score (nSPS) is 22.6. The second kappa shape index (κ2) is 3.12. The summed E-state index contributed by atoms with van der Waals surface area (Å²) in [5.74, 6) is 0.632. The van der Waals surface area contributed by atoms with Crippen molar-refractivity contribution in [1.29, 1.82) is 0 Å². The highest BCUT2D eigenvalue weighted by Gasteiger charge is 2.26. The first kappa shape index (κ1) is 8.38. The molecule has 0 radical (unpaired) electrons. The third-order valence-corrected chi connectivity index (χ3v) is 2.16. The first-order chi connectivity index (χ1) is 5.16. The Morgan fingerprint density at radius 1 is 1.55 bits per heavy atom. The van der Waals surface area contributed by atoms with Crippen LogP contribution in [0.1, 0.15) is 20.8 Å². The molecule has 62 valence electrons. The summed E-state index contributed by atoms with van der Waals surface area (Å²) in [6.07, 6.45) is 6.64. The summed E-state index contributed by atoms with van der Waals surface area (Å²) in [6, 6.07) is 0.622. The molecule has 0 aromatic heterocycles. The Bertz CT molecular complexity index is 189. The molecule has 1 heteroatoms. The minimum Gasteiger partial charge on any atom is -0.375 e. The van der Waals surface area contributed by atoms with E-state index in [1.165, 1.54) is 5.70 Å². The molecule has 0 aromatic carbocycles. The number of nitrogens with zero attached hydrogens (tertiary/aromatic N) is 1. The third-order valence-electron chi connectivity index (χ3n) is 2.16. The zero-order valence-electron chi connectivity index (χ0n) is 7.83. The lowest BCUT2D eigenvalue weighted by Crippen LogP contribution is -2.22. The van der Waals surface area contributed by atoms with E-state index in [4.69, 9.17) is 0 Å². The average molecular weight is 151 g/mol. The molecular weight excluding hydrogens is 134 g/mol. The molecular formula is C10H17N. The molecule has 0 saturated heterocycles. The predicted molar refractivity (Wildman–Crippen MR) is 49.3 cm³/mol. The van der Waals surface area contributed by atoms with Crippen LogP contribution in [0, 0.1) is 5.92 Å². The summed E-state index contributed by atoms with van der Waals surface area (Å²) in [6.45, 7) is 6.50. The molecule has 0 aromatic rings. The largest absolute Gasteiger partial charge is 0.375 e. The van der Waals surface area contributed by atoms with Gasteiger partial charge in [-0.25, -0.2) is 0 Å². The molecule has 0 spiro atoms. The highest BCUT2D eigenvalue weighted by atomic mass is 15.2. The van der Waals surface area contributed by atoms with Crippen molar-refractivity contribution >= 4 is 0 Å². The summed E-state index contributed by atoms with van der Waals surface area (Å²) < 4.78 is 0. The lowest BCUT2D eigenvalue weighted by molar-refractivity contribution is 0.350. The third kappa shape index (κ3) is 1.86. The first-order valence-corrected chi connectivity index (χ1v) is 4.24. The minimum atomic E-state index is 0.622. The molecule has 1 rings (SSSR count). The maximum atomic E-state index is 2.32. The molecule has 1 nitrogen and oxygen atoms in total. The van der Waals surface area contributed by atoms with Gasteiger partial charge < -0.3 is 4.90 Å². The standard InChI is InChI=1S/C10H17N/c1-5-6-9-7-10(9)11(4)8(2)3/h5-9H,1-4H3/b6-5-. The summed E-state index contributed by atoms with van der Waals surface area (Å²) >= 11 is 0. The highest BCUT2D eigenvalue weighted by molar-refractivity contribution is 5.33. The van der Waals surface area contributed by atoms with E-state index >= 15 is 0 Å². The Hall–Kier alpha value is -0.720. The lowest BCUT2D eigenvalue weighted by Gasteiger charge is -2.21. The molecule has 0 amide bonds. The molecule has 0 aliphatic heterocycles. The fourth-order valence-corrected chi connectivity index (χ4v) is 1.15. The molecule has 1 unspecified atom stereocenters. The summed E-state index contributed by atoms with van der Waals surface area (Å²) in [4.78, 5) is 2.32. The Kier molecular flexibility index (Phi) is 2.38. The van der Waals surface area contributed by atoms with Crippen LogP contribution in [0.3, 0.4) is 0 Å². The van der Waals surface area contributed by atoms with Gasteiger partial charge in [-0.15, -0.1) is 0 Å². The molecule has 0 N–H and O–H groups in total. The van der Waals surface area contributed by atoms with Gasteiger partial charge in [-0.1, -0.05) is 18.2 Å². The van der Waals surface area contributed by atoms with Crippen LogP contribution >= 0.6 is 0 Å². The fourth-order valence-electron chi connectivity index (χ4n) is 1.15. The fraction of sp³-hybridized carbons (Fsp3) is 0.600. The quantitative estimate of drug-likeness (QED) is 0.560. The maximum absolute atomic E-state index is 2.32. The Morgan fingerprint density at radius 3 is 2.64 bits per heavy atom. The van der Waals surface area contributed by atoms with Crippen LogP contribution in [0.5, 0.6) is 0 Å². The number of rotatable bonds is 3. The SMILES string of the molecule is C/C=C\C1C=C1N(C)C(C)C. The number of hydrogen-bond acceptors (Lipinski definition) is 1. The van der Waals surface area contributed by atoms with Crippen molar-refractivity contribution in [2.45, 2.75) is 26.8 Å². The Balaban J connectivity index is 2.37. The molecule has 1 aliphatic carbocycles. The van der Waals surface area contributed by atoms with Gasteiger partial charge in [0.2, 0.25) is 0 Å². The zero-order chi connectivity index (χ0) is 8.43. The minimum absolute atomic E-state index is 0.622. The van der Waals surface area contributed by atoms with Crippen molar-refractivity contribution in [2.24, 2.45) is 5.92 Å². The second-order valence-corrected chi connectivity index (χ2v) is 3.35. The van der Waals surface area contributed by atoms with E-state index in [0.29, 0.717) is 12.0 Å². The van der Waals surface area contributed by atoms with Crippen molar-refractivity contribution in [2.75, 3.05) is 7.05 Å². The molecule has 1 aliphatic rings. The van der Waals surface area contributed by atoms with Crippen LogP contribution in [0.2, 0.25) is 0 Å². The van der Waals surface area contributed by atoms with Gasteiger partial charge in [-0.2, -0.15) is 0 Å². The van der Waals surface area contributed by atoms with E-state index < -0.39 is 0 Å². The van der Waals surface area contributed by atoms with Crippen molar-refractivity contribution in [3.05, 3.63) is 23.9 Å². The van der Waals surface area contributed by atoms with E-state index in [-0.39, 0.29) is 0 Å². The average Bonchev–Trinajstić information content (AvgIpc) is 2.67. The Labute approximate surface area is 69.4 Å². The van der Waals surface area contributed by atoms with E-state index in [1.807, 2.05) is 0 Å². The molecule has 0 bridgehead atoms. The van der Waals surface area contributed by atoms with Crippen molar-refractivity contribution in [1.82, 2.24) is 4.90 Å². The summed E-state index contributed by atoms with van der Waals surface area (Å²) in [5, 5.41) is 0. The van der Waals surface area contributed by atoms with Gasteiger partial charge in [-0.05, 0) is 20.8 Å². The van der Waals surface area contributed by atoms with Gasteiger partial charge in [0, 0.05) is 24.7 Å². The van der Waals surface area contributed by atoms with Gasteiger partial charge in [0.15, 0.2) is 0 Å². The molecule has 0 saturated carbocycles. The number of allylic oxidation sites excluding steroid dienone is 3. The number of hydrogen-bond donors (Lipinski definition) is 0. The summed E-state index contributed by atoms with van der Waals surface area (Å²) in [7, 11) is 2.15. The van der Waals surface area contributed by atoms with Crippen LogP contribution in [-0.2, 0) is 0 Å². The predicted octanol–water partition coefficient (Wildman–Crippen LogP) is 2.42. The van der Waals surface area contributed by atoms with E-state index in [2.05, 4.69) is 50.9 Å². The maximum Gasteiger partial charge on any atom is 0.0366 e. The lowest BCUT2D eigenvalue weighted by atomic mass is 10.3. The van der Waals surface area contributed by atoms with E-state index in [1.54, 1.807) is 0 Å². The van der Waals surface area contributed by atoms with Crippen LogP contribution in [0.15, 0.2) is 23.9 Å². The van der Waals surface area contributed by atoms with Crippen LogP contribution in [0.25, 0.3) is 0 Å². The van der Waals surface area contributed by atoms with Gasteiger partial charge in [-0.3, -0.25) is 0 Å². The van der Waals surface area contributed by atoms with Crippen LogP contribution in [-0.4, -0.2) is 18.0 Å². The van der Waals surface area contributed by atoms with E-state index in [9.17, 15) is 0 Å². The Morgan fingerprint density at radius 2 is 2.18 bits per heavy atom. The van der Waals surface area contributed by atoms with Crippen molar-refractivity contribution < 1.29 is 0 Å². The van der Waals surface area contributed by atoms with Gasteiger partial charge >= 0.3 is 0 Å². The van der Waals surface area contributed by atoms with Gasteiger partial charge in [0.05, 0.1) is 0 Å². The van der Waals surface area contributed by atoms with Gasteiger partial charge in [0.1, 0.15) is 0 Å². The zero-order valence-corrected chi connectivity index (χ0v) is 7.83. The van der Waals surface area contributed by atoms with Crippen LogP contribution in [0.4, 0.5) is 0 Å². The highest BCUT2D eigenvalue weighted by Crippen LogP contribution is 2.33. The van der Waals surface area contributed by atoms with Crippen molar-refractivity contribution in [3.8, 4) is 0 Å². The molecule has 0 heterocycles. The molecule has 1 atom stereocenters. The smallest absolute Gasteiger partial charge is 0.0366 e. The van der Waals surface area contributed by atoms with E-state index in [0.717, 1.165) is 0 Å². The molecule has 0 fully saturated rings. The van der Waals surface area contributed by atoms with Crippen molar-refractivity contribution in [3.63, 3.8) is 0 Å². The van der Waals surface area contributed by atoms with Gasteiger partial charge in [0.25, 0.3) is 0 Å². The monoisotopic (exact) mass is 151 g/mol. The topological polar surface area (TPSA) is 3.24 Å². The summed E-state index contributed by atoms with van der Waals surface area (Å²) in [5.41, 5.74) is 1.47. The first-order valence-electron chi connectivity index (χ1n) is 4.24.